The molecule has 30 heavy (non-hydrogen) atoms. The van der Waals surface area contributed by atoms with Gasteiger partial charge in [0.25, 0.3) is 0 Å². The van der Waals surface area contributed by atoms with Crippen LogP contribution >= 0.6 is 23.4 Å². The smallest absolute Gasteiger partial charge is 0.237 e. The van der Waals surface area contributed by atoms with Crippen molar-refractivity contribution in [1.82, 2.24) is 24.9 Å². The van der Waals surface area contributed by atoms with Crippen molar-refractivity contribution in [3.8, 4) is 22.9 Å². The number of aromatic nitrogens is 5. The van der Waals surface area contributed by atoms with Gasteiger partial charge in [0.15, 0.2) is 11.0 Å². The van der Waals surface area contributed by atoms with Crippen molar-refractivity contribution in [3.05, 3.63) is 65.3 Å². The Morgan fingerprint density at radius 1 is 1.10 bits per heavy atom. The second-order valence-electron chi connectivity index (χ2n) is 6.23. The van der Waals surface area contributed by atoms with Crippen molar-refractivity contribution in [2.24, 2.45) is 7.05 Å². The zero-order chi connectivity index (χ0) is 20.9. The first-order valence-corrected chi connectivity index (χ1v) is 10.3. The van der Waals surface area contributed by atoms with Gasteiger partial charge in [-0.15, -0.1) is 10.2 Å². The molecule has 0 N–H and O–H groups in total. The molecule has 2 aromatic heterocycles. The topological polar surface area (TPSA) is 88.1 Å². The molecule has 4 aromatic rings. The molecule has 0 spiro atoms. The summed E-state index contributed by atoms with van der Waals surface area (Å²) in [6, 6.07) is 14.7. The Hall–Kier alpha value is -3.04. The van der Waals surface area contributed by atoms with E-state index in [0.29, 0.717) is 34.9 Å². The summed E-state index contributed by atoms with van der Waals surface area (Å²) in [5.74, 6) is 3.68. The van der Waals surface area contributed by atoms with Crippen molar-refractivity contribution in [1.29, 1.82) is 0 Å². The van der Waals surface area contributed by atoms with Crippen molar-refractivity contribution in [2.75, 3.05) is 7.11 Å². The van der Waals surface area contributed by atoms with Crippen LogP contribution in [0.2, 0.25) is 5.02 Å². The molecular formula is C20H18ClN5O3S. The standard InChI is InChI=1S/C20H18ClN5O3S/c1-26-17(11-28-16-8-6-15(27-2)7-9-16)23-24-20(26)30-12-18-22-19(25-29-18)13-4-3-5-14(21)10-13/h3-10H,11-12H2,1-2H3. The SMILES string of the molecule is COc1ccc(OCc2nnc(SCc3nc(-c4cccc(Cl)c4)no3)n2C)cc1. The Labute approximate surface area is 182 Å². The van der Waals surface area contributed by atoms with Gasteiger partial charge in [0.2, 0.25) is 11.7 Å². The van der Waals surface area contributed by atoms with Gasteiger partial charge in [-0.25, -0.2) is 0 Å². The molecule has 0 fully saturated rings. The molecule has 0 aliphatic carbocycles. The lowest BCUT2D eigenvalue weighted by Gasteiger charge is -2.07. The van der Waals surface area contributed by atoms with Crippen molar-refractivity contribution in [3.63, 3.8) is 0 Å². The van der Waals surface area contributed by atoms with Crippen LogP contribution in [0.3, 0.4) is 0 Å². The second-order valence-corrected chi connectivity index (χ2v) is 7.61. The average Bonchev–Trinajstić information content (AvgIpc) is 3.38. The summed E-state index contributed by atoms with van der Waals surface area (Å²) in [6.45, 7) is 0.301. The van der Waals surface area contributed by atoms with Gasteiger partial charge in [-0.05, 0) is 36.4 Å². The van der Waals surface area contributed by atoms with E-state index in [2.05, 4.69) is 20.3 Å². The van der Waals surface area contributed by atoms with Crippen LogP contribution in [0.4, 0.5) is 0 Å². The normalized spacial score (nSPS) is 10.9. The average molecular weight is 444 g/mol. The van der Waals surface area contributed by atoms with E-state index >= 15 is 0 Å². The minimum absolute atomic E-state index is 0.301. The minimum Gasteiger partial charge on any atom is -0.497 e. The van der Waals surface area contributed by atoms with Gasteiger partial charge < -0.3 is 18.6 Å². The number of thioether (sulfide) groups is 1. The lowest BCUT2D eigenvalue weighted by Crippen LogP contribution is -2.04. The third-order valence-corrected chi connectivity index (χ3v) is 5.47. The predicted octanol–water partition coefficient (Wildman–Crippen LogP) is 4.40. The highest BCUT2D eigenvalue weighted by Gasteiger charge is 2.14. The first-order chi connectivity index (χ1) is 14.6. The zero-order valence-electron chi connectivity index (χ0n) is 16.3. The molecule has 4 rings (SSSR count). The van der Waals surface area contributed by atoms with Gasteiger partial charge in [-0.3, -0.25) is 0 Å². The maximum Gasteiger partial charge on any atom is 0.237 e. The minimum atomic E-state index is 0.301. The van der Waals surface area contributed by atoms with Crippen molar-refractivity contribution in [2.45, 2.75) is 17.5 Å². The first-order valence-electron chi connectivity index (χ1n) is 8.99. The fourth-order valence-electron chi connectivity index (χ4n) is 2.60. The lowest BCUT2D eigenvalue weighted by atomic mass is 10.2. The van der Waals surface area contributed by atoms with Gasteiger partial charge in [-0.1, -0.05) is 40.7 Å². The third kappa shape index (κ3) is 4.74. The van der Waals surface area contributed by atoms with Crippen LogP contribution in [-0.4, -0.2) is 32.0 Å². The third-order valence-electron chi connectivity index (χ3n) is 4.23. The van der Waals surface area contributed by atoms with E-state index in [1.165, 1.54) is 11.8 Å². The zero-order valence-corrected chi connectivity index (χ0v) is 17.9. The van der Waals surface area contributed by atoms with Gasteiger partial charge in [0.1, 0.15) is 18.1 Å². The molecule has 0 bridgehead atoms. The number of methoxy groups -OCH3 is 1. The van der Waals surface area contributed by atoms with Crippen molar-refractivity contribution < 1.29 is 14.0 Å². The van der Waals surface area contributed by atoms with Crippen LogP contribution in [0.15, 0.2) is 58.2 Å². The summed E-state index contributed by atoms with van der Waals surface area (Å²) in [5, 5.41) is 13.8. The highest BCUT2D eigenvalue weighted by atomic mass is 35.5. The number of halogens is 1. The van der Waals surface area contributed by atoms with E-state index < -0.39 is 0 Å². The molecule has 2 heterocycles. The van der Waals surface area contributed by atoms with E-state index in [1.807, 2.05) is 48.0 Å². The van der Waals surface area contributed by atoms with Crippen LogP contribution < -0.4 is 9.47 Å². The molecule has 0 unspecified atom stereocenters. The van der Waals surface area contributed by atoms with Gasteiger partial charge in [0.05, 0.1) is 12.9 Å². The Bertz CT molecular complexity index is 1130. The van der Waals surface area contributed by atoms with Crippen molar-refractivity contribution >= 4 is 23.4 Å². The fourth-order valence-corrected chi connectivity index (χ4v) is 3.56. The quantitative estimate of drug-likeness (QED) is 0.370. The molecular weight excluding hydrogens is 426 g/mol. The number of ether oxygens (including phenoxy) is 2. The molecule has 0 saturated carbocycles. The second kappa shape index (κ2) is 9.19. The van der Waals surface area contributed by atoms with E-state index in [-0.39, 0.29) is 0 Å². The Morgan fingerprint density at radius 3 is 2.67 bits per heavy atom. The summed E-state index contributed by atoms with van der Waals surface area (Å²) >= 11 is 7.47. The molecule has 154 valence electrons. The molecule has 0 aliphatic rings. The first kappa shape index (κ1) is 20.2. The van der Waals surface area contributed by atoms with E-state index in [4.69, 9.17) is 25.6 Å². The molecule has 0 amide bonds. The molecule has 0 radical (unpaired) electrons. The van der Waals surface area contributed by atoms with E-state index in [9.17, 15) is 0 Å². The summed E-state index contributed by atoms with van der Waals surface area (Å²) in [4.78, 5) is 4.41. The predicted molar refractivity (Wildman–Crippen MR) is 113 cm³/mol. The Balaban J connectivity index is 1.35. The van der Waals surface area contributed by atoms with Crippen LogP contribution in [0, 0.1) is 0 Å². The molecule has 0 aliphatic heterocycles. The number of nitrogens with zero attached hydrogens (tertiary/aromatic N) is 5. The highest BCUT2D eigenvalue weighted by molar-refractivity contribution is 7.98. The number of hydrogen-bond acceptors (Lipinski definition) is 8. The summed E-state index contributed by atoms with van der Waals surface area (Å²) in [7, 11) is 3.52. The van der Waals surface area contributed by atoms with Crippen LogP contribution in [0.25, 0.3) is 11.4 Å². The maximum absolute atomic E-state index is 6.02. The number of benzene rings is 2. The number of hydrogen-bond donors (Lipinski definition) is 0. The molecule has 2 aromatic carbocycles. The monoisotopic (exact) mass is 443 g/mol. The van der Waals surface area contributed by atoms with E-state index in [1.54, 1.807) is 19.2 Å². The Morgan fingerprint density at radius 2 is 1.90 bits per heavy atom. The fraction of sp³-hybridized carbons (Fsp3) is 0.200. The Kier molecular flexibility index (Phi) is 6.20. The van der Waals surface area contributed by atoms with Gasteiger partial charge in [-0.2, -0.15) is 4.98 Å². The summed E-state index contributed by atoms with van der Waals surface area (Å²) in [6.07, 6.45) is 0. The number of rotatable bonds is 8. The maximum atomic E-state index is 6.02. The molecule has 0 atom stereocenters. The molecule has 10 heteroatoms. The van der Waals surface area contributed by atoms with Gasteiger partial charge in [0, 0.05) is 17.6 Å². The molecule has 8 nitrogen and oxygen atoms in total. The highest BCUT2D eigenvalue weighted by Crippen LogP contribution is 2.24. The van der Waals surface area contributed by atoms with Crippen LogP contribution in [0.1, 0.15) is 11.7 Å². The lowest BCUT2D eigenvalue weighted by molar-refractivity contribution is 0.290. The van der Waals surface area contributed by atoms with Crippen LogP contribution in [0.5, 0.6) is 11.5 Å². The molecule has 0 saturated heterocycles. The van der Waals surface area contributed by atoms with Crippen LogP contribution in [-0.2, 0) is 19.4 Å². The summed E-state index contributed by atoms with van der Waals surface area (Å²) in [5.41, 5.74) is 0.805. The van der Waals surface area contributed by atoms with E-state index in [0.717, 1.165) is 22.2 Å². The largest absolute Gasteiger partial charge is 0.497 e. The summed E-state index contributed by atoms with van der Waals surface area (Å²) < 4.78 is 18.1. The van der Waals surface area contributed by atoms with Gasteiger partial charge >= 0.3 is 0 Å².